The Balaban J connectivity index is 1.27. The number of fused-ring (bicyclic) bond motifs is 5. The van der Waals surface area contributed by atoms with Crippen LogP contribution >= 0.6 is 0 Å². The van der Waals surface area contributed by atoms with E-state index in [9.17, 15) is 4.79 Å². The second-order valence-corrected chi connectivity index (χ2v) is 25.6. The van der Waals surface area contributed by atoms with Gasteiger partial charge in [0.05, 0.1) is 23.0 Å². The number of amides is 1. The third kappa shape index (κ3) is 8.11. The number of hydrogen-bond donors (Lipinski definition) is 0. The standard InChI is InChI=1S/C49H65FN6O5Si/c1-31(2)62(32(3)4,33(5)6)23-18-34-14-11-15-35-24-38(60-30-58-10)25-39(41(34)35)43-42(50)44-40(26-51-43)45(53-46(52-44)59-29-49-19-12-21-55(49)22-13-20-49)54-27-36-16-17-37(28-54)56(36)47(57)61-48(7,8)9/h11,14-15,24-26,31-33,36-37H,12-13,16-17,19-22,27-30H2,1-10H3. The van der Waals surface area contributed by atoms with E-state index in [0.29, 0.717) is 58.8 Å². The molecular weight excluding hydrogens is 800 g/mol. The van der Waals surface area contributed by atoms with Crippen LogP contribution < -0.4 is 14.4 Å². The Bertz CT molecular complexity index is 2340. The molecule has 2 atom stereocenters. The number of rotatable bonds is 11. The van der Waals surface area contributed by atoms with Gasteiger partial charge in [-0.2, -0.15) is 9.97 Å². The lowest BCUT2D eigenvalue weighted by molar-refractivity contribution is 0.0122. The molecular formula is C49H65FN6O5Si. The number of benzene rings is 2. The maximum atomic E-state index is 17.9. The summed E-state index contributed by atoms with van der Waals surface area (Å²) in [6.45, 7) is 23.1. The average molecular weight is 865 g/mol. The minimum Gasteiger partial charge on any atom is -0.468 e. The van der Waals surface area contributed by atoms with Gasteiger partial charge in [0.2, 0.25) is 0 Å². The summed E-state index contributed by atoms with van der Waals surface area (Å²) in [4.78, 5) is 34.9. The van der Waals surface area contributed by atoms with Crippen molar-refractivity contribution in [1.29, 1.82) is 0 Å². The molecule has 4 fully saturated rings. The first-order valence-corrected chi connectivity index (χ1v) is 25.0. The lowest BCUT2D eigenvalue weighted by Crippen LogP contribution is -2.57. The summed E-state index contributed by atoms with van der Waals surface area (Å²) in [6.07, 6.45) is 7.46. The molecule has 0 saturated carbocycles. The molecule has 0 N–H and O–H groups in total. The van der Waals surface area contributed by atoms with E-state index in [2.05, 4.69) is 62.8 Å². The van der Waals surface area contributed by atoms with E-state index < -0.39 is 19.5 Å². The molecule has 0 radical (unpaired) electrons. The zero-order valence-corrected chi connectivity index (χ0v) is 39.4. The normalized spacial score (nSPS) is 20.1. The molecule has 332 valence electrons. The van der Waals surface area contributed by atoms with Gasteiger partial charge in [-0.05, 0) is 113 Å². The first-order valence-electron chi connectivity index (χ1n) is 22.8. The summed E-state index contributed by atoms with van der Waals surface area (Å²) in [7, 11) is -0.538. The smallest absolute Gasteiger partial charge is 0.410 e. The highest BCUT2D eigenvalue weighted by atomic mass is 28.3. The zero-order valence-electron chi connectivity index (χ0n) is 38.4. The molecule has 2 unspecified atom stereocenters. The number of pyridine rings is 1. The van der Waals surface area contributed by atoms with Gasteiger partial charge in [0, 0.05) is 42.9 Å². The molecule has 62 heavy (non-hydrogen) atoms. The van der Waals surface area contributed by atoms with Crippen LogP contribution in [0.15, 0.2) is 36.5 Å². The van der Waals surface area contributed by atoms with Gasteiger partial charge < -0.3 is 23.8 Å². The van der Waals surface area contributed by atoms with Crippen LogP contribution in [0.4, 0.5) is 15.0 Å². The molecule has 1 amide bonds. The Kier molecular flexibility index (Phi) is 12.3. The summed E-state index contributed by atoms with van der Waals surface area (Å²) in [5.41, 5.74) is 6.23. The van der Waals surface area contributed by atoms with Crippen molar-refractivity contribution in [2.24, 2.45) is 0 Å². The topological polar surface area (TPSA) is 102 Å². The van der Waals surface area contributed by atoms with Crippen LogP contribution in [0.2, 0.25) is 16.6 Å². The fourth-order valence-electron chi connectivity index (χ4n) is 11.4. The molecule has 4 saturated heterocycles. The van der Waals surface area contributed by atoms with E-state index >= 15 is 4.39 Å². The van der Waals surface area contributed by atoms with E-state index in [0.717, 1.165) is 68.0 Å². The quantitative estimate of drug-likeness (QED) is 0.0823. The number of hydrogen-bond acceptors (Lipinski definition) is 10. The minimum atomic E-state index is -2.11. The van der Waals surface area contributed by atoms with E-state index in [-0.39, 0.29) is 47.7 Å². The number of ether oxygens (including phenoxy) is 4. The lowest BCUT2D eigenvalue weighted by Gasteiger charge is -2.42. The van der Waals surface area contributed by atoms with Crippen molar-refractivity contribution in [3.8, 4) is 34.5 Å². The summed E-state index contributed by atoms with van der Waals surface area (Å²) in [5.74, 6) is 4.18. The van der Waals surface area contributed by atoms with Crippen molar-refractivity contribution in [3.63, 3.8) is 0 Å². The SMILES string of the molecule is COCOc1cc(-c2ncc3c(N4CC5CCC(C4)N5C(=O)OC(C)(C)C)nc(OCC45CCCN4CCC5)nc3c2F)c2c(C#C[Si](C(C)C)(C(C)C)C(C)C)cccc2c1. The Hall–Kier alpha value is -4.51. The van der Waals surface area contributed by atoms with E-state index in [1.807, 2.05) is 56.0 Å². The van der Waals surface area contributed by atoms with Gasteiger partial charge in [-0.25, -0.2) is 9.18 Å². The largest absolute Gasteiger partial charge is 0.468 e. The van der Waals surface area contributed by atoms with Crippen LogP contribution in [0.3, 0.4) is 0 Å². The number of anilines is 1. The predicted octanol–water partition coefficient (Wildman–Crippen LogP) is 10.1. The van der Waals surface area contributed by atoms with Gasteiger partial charge in [-0.1, -0.05) is 59.6 Å². The van der Waals surface area contributed by atoms with Crippen LogP contribution in [0.5, 0.6) is 11.8 Å². The summed E-state index contributed by atoms with van der Waals surface area (Å²) in [6, 6.07) is 9.80. The van der Waals surface area contributed by atoms with Crippen molar-refractivity contribution in [2.75, 3.05) is 51.6 Å². The van der Waals surface area contributed by atoms with Gasteiger partial charge in [-0.3, -0.25) is 14.8 Å². The zero-order chi connectivity index (χ0) is 44.1. The Morgan fingerprint density at radius 2 is 1.65 bits per heavy atom. The molecule has 0 spiro atoms. The maximum absolute atomic E-state index is 17.9. The molecule has 2 bridgehead atoms. The summed E-state index contributed by atoms with van der Waals surface area (Å²) >= 11 is 0. The Morgan fingerprint density at radius 3 is 2.27 bits per heavy atom. The number of methoxy groups -OCH3 is 1. The predicted molar refractivity (Wildman–Crippen MR) is 246 cm³/mol. The van der Waals surface area contributed by atoms with E-state index in [1.165, 1.54) is 0 Å². The number of piperazine rings is 1. The average Bonchev–Trinajstić information content (AvgIpc) is 3.88. The number of nitrogens with zero attached hydrogens (tertiary/aromatic N) is 6. The second kappa shape index (κ2) is 17.2. The number of aromatic nitrogens is 3. The Morgan fingerprint density at radius 1 is 0.968 bits per heavy atom. The molecule has 13 heteroatoms. The highest BCUT2D eigenvalue weighted by molar-refractivity contribution is 6.90. The Labute approximate surface area is 368 Å². The molecule has 0 aliphatic carbocycles. The minimum absolute atomic E-state index is 0.0305. The van der Waals surface area contributed by atoms with Gasteiger partial charge in [-0.15, -0.1) is 5.54 Å². The maximum Gasteiger partial charge on any atom is 0.410 e. The highest BCUT2D eigenvalue weighted by Gasteiger charge is 2.47. The first-order chi connectivity index (χ1) is 29.5. The molecule has 2 aromatic carbocycles. The van der Waals surface area contributed by atoms with Crippen LogP contribution in [0.25, 0.3) is 32.9 Å². The third-order valence-corrected chi connectivity index (χ3v) is 20.4. The molecule has 4 aromatic rings. The third-order valence-electron chi connectivity index (χ3n) is 14.1. The number of carbonyl (C=O) groups is 1. The van der Waals surface area contributed by atoms with Crippen molar-refractivity contribution in [1.82, 2.24) is 24.8 Å². The van der Waals surface area contributed by atoms with Crippen molar-refractivity contribution >= 4 is 41.7 Å². The lowest BCUT2D eigenvalue weighted by atomic mass is 9.95. The first kappa shape index (κ1) is 44.1. The molecule has 4 aliphatic rings. The van der Waals surface area contributed by atoms with Crippen LogP contribution in [-0.2, 0) is 9.47 Å². The fraction of sp³-hybridized carbons (Fsp3) is 0.592. The molecule has 11 nitrogen and oxygen atoms in total. The van der Waals surface area contributed by atoms with Gasteiger partial charge in [0.1, 0.15) is 43.1 Å². The van der Waals surface area contributed by atoms with Crippen molar-refractivity contribution in [3.05, 3.63) is 47.9 Å². The van der Waals surface area contributed by atoms with E-state index in [4.69, 9.17) is 33.9 Å². The van der Waals surface area contributed by atoms with Crippen molar-refractivity contribution in [2.45, 2.75) is 141 Å². The molecule has 8 rings (SSSR count). The number of halogens is 1. The van der Waals surface area contributed by atoms with Gasteiger partial charge in [0.25, 0.3) is 0 Å². The van der Waals surface area contributed by atoms with Gasteiger partial charge in [0.15, 0.2) is 12.6 Å². The monoisotopic (exact) mass is 864 g/mol. The molecule has 2 aromatic heterocycles. The van der Waals surface area contributed by atoms with Crippen molar-refractivity contribution < 1.29 is 28.1 Å². The van der Waals surface area contributed by atoms with Crippen LogP contribution in [0.1, 0.15) is 106 Å². The number of carbonyl (C=O) groups excluding carboxylic acids is 1. The van der Waals surface area contributed by atoms with Crippen LogP contribution in [-0.4, -0.2) is 109 Å². The fourth-order valence-corrected chi connectivity index (χ4v) is 16.6. The summed E-state index contributed by atoms with van der Waals surface area (Å²) < 4.78 is 41.6. The highest BCUT2D eigenvalue weighted by Crippen LogP contribution is 2.44. The molecule has 4 aliphatic heterocycles. The second-order valence-electron chi connectivity index (χ2n) is 20.0. The van der Waals surface area contributed by atoms with Gasteiger partial charge >= 0.3 is 12.1 Å². The van der Waals surface area contributed by atoms with Crippen LogP contribution in [0, 0.1) is 17.3 Å². The summed E-state index contributed by atoms with van der Waals surface area (Å²) in [5, 5.41) is 2.15. The van der Waals surface area contributed by atoms with E-state index in [1.54, 1.807) is 13.3 Å². The molecule has 6 heterocycles.